The highest BCUT2D eigenvalue weighted by Crippen LogP contribution is 2.52. The first-order chi connectivity index (χ1) is 13.0. The van der Waals surface area contributed by atoms with Crippen LogP contribution >= 0.6 is 0 Å². The molecule has 3 atom stereocenters. The van der Waals surface area contributed by atoms with Crippen molar-refractivity contribution in [3.63, 3.8) is 0 Å². The van der Waals surface area contributed by atoms with Crippen LogP contribution in [0.15, 0.2) is 36.9 Å². The summed E-state index contributed by atoms with van der Waals surface area (Å²) < 4.78 is 17.6. The molecule has 1 aromatic rings. The van der Waals surface area contributed by atoms with Gasteiger partial charge in [0.25, 0.3) is 5.79 Å². The number of aliphatic hydroxyl groups is 1. The Morgan fingerprint density at radius 3 is 2.48 bits per heavy atom. The van der Waals surface area contributed by atoms with E-state index in [1.807, 2.05) is 18.2 Å². The van der Waals surface area contributed by atoms with Crippen LogP contribution < -0.4 is 4.74 Å². The number of hydrogen-bond acceptors (Lipinski definition) is 4. The summed E-state index contributed by atoms with van der Waals surface area (Å²) in [6.45, 7) is 9.71. The van der Waals surface area contributed by atoms with Crippen molar-refractivity contribution >= 4 is 0 Å². The van der Waals surface area contributed by atoms with E-state index in [1.54, 1.807) is 19.9 Å². The van der Waals surface area contributed by atoms with Gasteiger partial charge in [-0.05, 0) is 38.3 Å². The average molecular weight is 377 g/mol. The number of aryl methyl sites for hydroxylation is 1. The van der Waals surface area contributed by atoms with E-state index in [0.717, 1.165) is 24.2 Å². The van der Waals surface area contributed by atoms with Crippen molar-refractivity contribution in [1.29, 1.82) is 0 Å². The molecule has 0 bridgehead atoms. The Kier molecular flexibility index (Phi) is 8.33. The maximum absolute atomic E-state index is 10.3. The lowest BCUT2D eigenvalue weighted by atomic mass is 10.0. The van der Waals surface area contributed by atoms with Gasteiger partial charge in [-0.3, -0.25) is 4.74 Å². The second kappa shape index (κ2) is 10.3. The lowest BCUT2D eigenvalue weighted by molar-refractivity contribution is -0.0595. The predicted molar refractivity (Wildman–Crippen MR) is 109 cm³/mol. The SMILES string of the molecule is C=CCOC1(C)OC1(Oc1ccccc1CCCCCCCCC)C(C)O. The van der Waals surface area contributed by atoms with E-state index in [9.17, 15) is 5.11 Å². The minimum atomic E-state index is -1.17. The molecule has 1 aromatic carbocycles. The summed E-state index contributed by atoms with van der Waals surface area (Å²) in [5, 5.41) is 10.3. The van der Waals surface area contributed by atoms with E-state index in [4.69, 9.17) is 14.2 Å². The lowest BCUT2D eigenvalue weighted by Gasteiger charge is -2.22. The smallest absolute Gasteiger partial charge is 0.293 e. The Hall–Kier alpha value is -1.36. The van der Waals surface area contributed by atoms with Crippen LogP contribution in [0.4, 0.5) is 0 Å². The normalized spacial score (nSPS) is 25.2. The van der Waals surface area contributed by atoms with E-state index in [0.29, 0.717) is 6.61 Å². The molecule has 1 heterocycles. The van der Waals surface area contributed by atoms with Gasteiger partial charge in [0.2, 0.25) is 5.79 Å². The number of aliphatic hydroxyl groups excluding tert-OH is 1. The van der Waals surface area contributed by atoms with Crippen LogP contribution in [0.3, 0.4) is 0 Å². The summed E-state index contributed by atoms with van der Waals surface area (Å²) in [6.07, 6.45) is 10.7. The maximum Gasteiger partial charge on any atom is 0.293 e. The summed E-state index contributed by atoms with van der Waals surface area (Å²) in [5.41, 5.74) is 1.15. The fourth-order valence-corrected chi connectivity index (χ4v) is 3.52. The first-order valence-corrected chi connectivity index (χ1v) is 10.4. The van der Waals surface area contributed by atoms with Gasteiger partial charge in [-0.1, -0.05) is 69.7 Å². The minimum Gasteiger partial charge on any atom is -0.454 e. The van der Waals surface area contributed by atoms with Crippen molar-refractivity contribution in [2.24, 2.45) is 0 Å². The lowest BCUT2D eigenvalue weighted by Crippen LogP contribution is -2.41. The van der Waals surface area contributed by atoms with E-state index >= 15 is 0 Å². The zero-order chi connectivity index (χ0) is 19.8. The van der Waals surface area contributed by atoms with Crippen LogP contribution in [-0.4, -0.2) is 29.4 Å². The summed E-state index contributed by atoms with van der Waals surface area (Å²) in [4.78, 5) is 0. The molecule has 1 saturated heterocycles. The molecule has 1 aliphatic rings. The fraction of sp³-hybridized carbons (Fsp3) is 0.652. The third kappa shape index (κ3) is 5.56. The fourth-order valence-electron chi connectivity index (χ4n) is 3.52. The van der Waals surface area contributed by atoms with Gasteiger partial charge in [-0.25, -0.2) is 0 Å². The molecule has 4 heteroatoms. The van der Waals surface area contributed by atoms with E-state index < -0.39 is 17.7 Å². The second-order valence-corrected chi connectivity index (χ2v) is 7.57. The van der Waals surface area contributed by atoms with Gasteiger partial charge in [0, 0.05) is 0 Å². The van der Waals surface area contributed by atoms with E-state index in [2.05, 4.69) is 19.6 Å². The average Bonchev–Trinajstić information content (AvgIpc) is 3.26. The summed E-state index contributed by atoms with van der Waals surface area (Å²) in [5.74, 6) is -1.39. The standard InChI is InChI=1S/C23H36O4/c1-5-7-8-9-10-11-12-15-20-16-13-14-17-21(20)26-23(19(3)24)22(4,27-23)25-18-6-2/h6,13-14,16-17,19,24H,2,5,7-12,15,18H2,1,3-4H3. The zero-order valence-electron chi connectivity index (χ0n) is 17.2. The van der Waals surface area contributed by atoms with Crippen LogP contribution in [0.1, 0.15) is 71.3 Å². The Labute approximate surface area is 164 Å². The van der Waals surface area contributed by atoms with Gasteiger partial charge in [0.05, 0.1) is 6.61 Å². The third-order valence-corrected chi connectivity index (χ3v) is 5.25. The molecule has 4 nitrogen and oxygen atoms in total. The number of para-hydroxylation sites is 1. The molecular formula is C23H36O4. The molecule has 0 aromatic heterocycles. The first-order valence-electron chi connectivity index (χ1n) is 10.4. The van der Waals surface area contributed by atoms with Gasteiger partial charge >= 0.3 is 0 Å². The Morgan fingerprint density at radius 2 is 1.81 bits per heavy atom. The number of epoxide rings is 1. The van der Waals surface area contributed by atoms with E-state index in [-0.39, 0.29) is 0 Å². The Bertz CT molecular complexity index is 585. The largest absolute Gasteiger partial charge is 0.454 e. The minimum absolute atomic E-state index is 0.341. The first kappa shape index (κ1) is 21.9. The molecule has 0 aliphatic carbocycles. The molecule has 0 spiro atoms. The zero-order valence-corrected chi connectivity index (χ0v) is 17.2. The summed E-state index contributed by atoms with van der Waals surface area (Å²) in [7, 11) is 0. The molecule has 152 valence electrons. The van der Waals surface area contributed by atoms with Gasteiger partial charge in [-0.15, -0.1) is 6.58 Å². The molecule has 2 rings (SSSR count). The van der Waals surface area contributed by atoms with Crippen LogP contribution in [0.5, 0.6) is 5.75 Å². The van der Waals surface area contributed by atoms with E-state index in [1.165, 1.54) is 38.5 Å². The number of hydrogen-bond donors (Lipinski definition) is 1. The predicted octanol–water partition coefficient (Wildman–Crippen LogP) is 5.38. The molecule has 0 radical (unpaired) electrons. The van der Waals surface area contributed by atoms with Crippen molar-refractivity contribution in [3.05, 3.63) is 42.5 Å². The molecule has 0 saturated carbocycles. The van der Waals surface area contributed by atoms with Crippen molar-refractivity contribution in [3.8, 4) is 5.75 Å². The monoisotopic (exact) mass is 376 g/mol. The van der Waals surface area contributed by atoms with Crippen LogP contribution in [-0.2, 0) is 15.9 Å². The quantitative estimate of drug-likeness (QED) is 0.269. The van der Waals surface area contributed by atoms with Gasteiger partial charge < -0.3 is 14.6 Å². The molecule has 1 fully saturated rings. The number of ether oxygens (including phenoxy) is 3. The number of unbranched alkanes of at least 4 members (excludes halogenated alkanes) is 6. The summed E-state index contributed by atoms with van der Waals surface area (Å²) in [6, 6.07) is 8.01. The molecule has 3 unspecified atom stereocenters. The van der Waals surface area contributed by atoms with Crippen molar-refractivity contribution in [2.45, 2.75) is 89.8 Å². The van der Waals surface area contributed by atoms with Gasteiger partial charge in [-0.2, -0.15) is 0 Å². The van der Waals surface area contributed by atoms with Crippen LogP contribution in [0, 0.1) is 0 Å². The van der Waals surface area contributed by atoms with Crippen molar-refractivity contribution in [1.82, 2.24) is 0 Å². The highest BCUT2D eigenvalue weighted by molar-refractivity contribution is 5.35. The highest BCUT2D eigenvalue weighted by Gasteiger charge is 2.75. The molecular weight excluding hydrogens is 340 g/mol. The van der Waals surface area contributed by atoms with Crippen molar-refractivity contribution in [2.75, 3.05) is 6.61 Å². The van der Waals surface area contributed by atoms with Crippen LogP contribution in [0.25, 0.3) is 0 Å². The third-order valence-electron chi connectivity index (χ3n) is 5.25. The summed E-state index contributed by atoms with van der Waals surface area (Å²) >= 11 is 0. The number of rotatable bonds is 14. The second-order valence-electron chi connectivity index (χ2n) is 7.57. The Balaban J connectivity index is 1.93. The van der Waals surface area contributed by atoms with Gasteiger partial charge in [0.15, 0.2) is 0 Å². The van der Waals surface area contributed by atoms with Gasteiger partial charge in [0.1, 0.15) is 11.9 Å². The Morgan fingerprint density at radius 1 is 1.15 bits per heavy atom. The molecule has 27 heavy (non-hydrogen) atoms. The number of benzene rings is 1. The topological polar surface area (TPSA) is 51.2 Å². The van der Waals surface area contributed by atoms with Crippen LogP contribution in [0.2, 0.25) is 0 Å². The molecule has 1 N–H and O–H groups in total. The molecule has 0 amide bonds. The highest BCUT2D eigenvalue weighted by atomic mass is 16.9. The maximum atomic E-state index is 10.3. The van der Waals surface area contributed by atoms with Crippen molar-refractivity contribution < 1.29 is 19.3 Å². The molecule has 1 aliphatic heterocycles.